The van der Waals surface area contributed by atoms with E-state index in [1.165, 1.54) is 0 Å². The first-order chi connectivity index (χ1) is 7.61. The Labute approximate surface area is 97.3 Å². The summed E-state index contributed by atoms with van der Waals surface area (Å²) in [6.45, 7) is 7.67. The highest BCUT2D eigenvalue weighted by Gasteiger charge is 2.04. The minimum atomic E-state index is 0.105. The number of nitrogens with two attached hydrogens (primary N) is 1. The van der Waals surface area contributed by atoms with E-state index in [1.54, 1.807) is 6.20 Å². The third kappa shape index (κ3) is 4.45. The van der Waals surface area contributed by atoms with Crippen molar-refractivity contribution in [3.05, 3.63) is 36.7 Å². The van der Waals surface area contributed by atoms with Crippen molar-refractivity contribution >= 4 is 0 Å². The largest absolute Gasteiger partial charge is 0.489 e. The summed E-state index contributed by atoms with van der Waals surface area (Å²) in [5, 5.41) is 0. The number of nitrogens with zero attached hydrogens (tertiary/aromatic N) is 1. The Morgan fingerprint density at radius 1 is 1.50 bits per heavy atom. The zero-order valence-electron chi connectivity index (χ0n) is 10.0. The fourth-order valence-corrected chi connectivity index (χ4v) is 1.51. The van der Waals surface area contributed by atoms with Crippen molar-refractivity contribution in [3.8, 4) is 5.75 Å². The second kappa shape index (κ2) is 6.28. The number of aromatic nitrogens is 1. The van der Waals surface area contributed by atoms with Gasteiger partial charge in [-0.2, -0.15) is 0 Å². The fraction of sp³-hybridized carbons (Fsp3) is 0.462. The quantitative estimate of drug-likeness (QED) is 0.748. The standard InChI is InChI=1S/C13H20N2O/c1-4-5-12(14)6-11-7-13(9-15-8-11)16-10(2)3/h4,7-10,12H,1,5-6,14H2,2-3H3. The molecule has 2 N–H and O–H groups in total. The molecule has 0 saturated carbocycles. The van der Waals surface area contributed by atoms with Gasteiger partial charge < -0.3 is 10.5 Å². The summed E-state index contributed by atoms with van der Waals surface area (Å²) in [5.74, 6) is 0.804. The van der Waals surface area contributed by atoms with E-state index in [2.05, 4.69) is 11.6 Å². The first-order valence-corrected chi connectivity index (χ1v) is 5.59. The second-order valence-corrected chi connectivity index (χ2v) is 4.18. The van der Waals surface area contributed by atoms with Crippen LogP contribution >= 0.6 is 0 Å². The van der Waals surface area contributed by atoms with Gasteiger partial charge in [-0.3, -0.25) is 4.98 Å². The molecular formula is C13H20N2O. The van der Waals surface area contributed by atoms with Crippen LogP contribution in [-0.4, -0.2) is 17.1 Å². The fourth-order valence-electron chi connectivity index (χ4n) is 1.51. The minimum absolute atomic E-state index is 0.105. The second-order valence-electron chi connectivity index (χ2n) is 4.18. The van der Waals surface area contributed by atoms with Crippen molar-refractivity contribution in [2.75, 3.05) is 0 Å². The summed E-state index contributed by atoms with van der Waals surface area (Å²) in [7, 11) is 0. The average Bonchev–Trinajstić information content (AvgIpc) is 2.17. The maximum atomic E-state index is 5.93. The molecule has 0 radical (unpaired) electrons. The lowest BCUT2D eigenvalue weighted by Crippen LogP contribution is -2.21. The summed E-state index contributed by atoms with van der Waals surface area (Å²) in [6, 6.07) is 2.10. The molecule has 1 heterocycles. The molecule has 1 rings (SSSR count). The molecule has 3 nitrogen and oxygen atoms in total. The van der Waals surface area contributed by atoms with Crippen LogP contribution in [0.2, 0.25) is 0 Å². The van der Waals surface area contributed by atoms with E-state index in [9.17, 15) is 0 Å². The lowest BCUT2D eigenvalue weighted by molar-refractivity contribution is 0.241. The van der Waals surface area contributed by atoms with E-state index in [-0.39, 0.29) is 12.1 Å². The first kappa shape index (κ1) is 12.7. The molecular weight excluding hydrogens is 200 g/mol. The van der Waals surface area contributed by atoms with Gasteiger partial charge >= 0.3 is 0 Å². The van der Waals surface area contributed by atoms with E-state index >= 15 is 0 Å². The summed E-state index contributed by atoms with van der Waals surface area (Å²) in [6.07, 6.45) is 7.17. The van der Waals surface area contributed by atoms with E-state index < -0.39 is 0 Å². The number of rotatable bonds is 6. The highest BCUT2D eigenvalue weighted by molar-refractivity contribution is 5.24. The Bertz CT molecular complexity index is 336. The molecule has 0 aliphatic heterocycles. The minimum Gasteiger partial charge on any atom is -0.489 e. The van der Waals surface area contributed by atoms with Gasteiger partial charge in [0.15, 0.2) is 0 Å². The van der Waals surface area contributed by atoms with Crippen LogP contribution < -0.4 is 10.5 Å². The molecule has 3 heteroatoms. The smallest absolute Gasteiger partial charge is 0.138 e. The Morgan fingerprint density at radius 2 is 2.25 bits per heavy atom. The number of hydrogen-bond acceptors (Lipinski definition) is 3. The number of ether oxygens (including phenoxy) is 1. The monoisotopic (exact) mass is 220 g/mol. The molecule has 0 fully saturated rings. The summed E-state index contributed by atoms with van der Waals surface area (Å²) >= 11 is 0. The normalized spacial score (nSPS) is 12.5. The summed E-state index contributed by atoms with van der Waals surface area (Å²) in [5.41, 5.74) is 7.03. The van der Waals surface area contributed by atoms with Crippen molar-refractivity contribution in [1.82, 2.24) is 4.98 Å². The molecule has 0 spiro atoms. The molecule has 1 aromatic rings. The van der Waals surface area contributed by atoms with Gasteiger partial charge in [-0.25, -0.2) is 0 Å². The summed E-state index contributed by atoms with van der Waals surface area (Å²) < 4.78 is 5.57. The van der Waals surface area contributed by atoms with Crippen LogP contribution in [0.1, 0.15) is 25.8 Å². The Hall–Kier alpha value is -1.35. The van der Waals surface area contributed by atoms with Crippen LogP contribution in [0.4, 0.5) is 0 Å². The van der Waals surface area contributed by atoms with Crippen LogP contribution in [0.3, 0.4) is 0 Å². The van der Waals surface area contributed by atoms with Gasteiger partial charge in [-0.15, -0.1) is 6.58 Å². The molecule has 0 bridgehead atoms. The van der Waals surface area contributed by atoms with Crippen LogP contribution in [0.25, 0.3) is 0 Å². The van der Waals surface area contributed by atoms with Crippen LogP contribution in [-0.2, 0) is 6.42 Å². The molecule has 16 heavy (non-hydrogen) atoms. The van der Waals surface area contributed by atoms with Gasteiger partial charge in [0.05, 0.1) is 12.3 Å². The highest BCUT2D eigenvalue weighted by atomic mass is 16.5. The topological polar surface area (TPSA) is 48.1 Å². The Kier molecular flexibility index (Phi) is 4.99. The maximum Gasteiger partial charge on any atom is 0.138 e. The molecule has 0 amide bonds. The molecule has 0 saturated heterocycles. The average molecular weight is 220 g/mol. The molecule has 88 valence electrons. The maximum absolute atomic E-state index is 5.93. The van der Waals surface area contributed by atoms with Crippen molar-refractivity contribution in [1.29, 1.82) is 0 Å². The Morgan fingerprint density at radius 3 is 2.88 bits per heavy atom. The van der Waals surface area contributed by atoms with E-state index in [0.29, 0.717) is 0 Å². The molecule has 1 unspecified atom stereocenters. The number of pyridine rings is 1. The van der Waals surface area contributed by atoms with Crippen LogP contribution in [0, 0.1) is 0 Å². The highest BCUT2D eigenvalue weighted by Crippen LogP contribution is 2.14. The van der Waals surface area contributed by atoms with Crippen molar-refractivity contribution in [2.24, 2.45) is 5.73 Å². The van der Waals surface area contributed by atoms with E-state index in [4.69, 9.17) is 10.5 Å². The number of hydrogen-bond donors (Lipinski definition) is 1. The predicted octanol–water partition coefficient (Wildman–Crippen LogP) is 2.31. The lowest BCUT2D eigenvalue weighted by atomic mass is 10.1. The zero-order chi connectivity index (χ0) is 12.0. The Balaban J connectivity index is 2.63. The third-order valence-electron chi connectivity index (χ3n) is 2.11. The molecule has 0 aromatic carbocycles. The third-order valence-corrected chi connectivity index (χ3v) is 2.11. The molecule has 1 atom stereocenters. The van der Waals surface area contributed by atoms with Crippen LogP contribution in [0.5, 0.6) is 5.75 Å². The van der Waals surface area contributed by atoms with E-state index in [1.807, 2.05) is 32.2 Å². The van der Waals surface area contributed by atoms with Gasteiger partial charge in [0, 0.05) is 12.2 Å². The zero-order valence-corrected chi connectivity index (χ0v) is 10.0. The first-order valence-electron chi connectivity index (χ1n) is 5.59. The molecule has 0 aliphatic rings. The SMILES string of the molecule is C=CCC(N)Cc1cncc(OC(C)C)c1. The van der Waals surface area contributed by atoms with Crippen molar-refractivity contribution in [3.63, 3.8) is 0 Å². The van der Waals surface area contributed by atoms with Crippen molar-refractivity contribution < 1.29 is 4.74 Å². The summed E-state index contributed by atoms with van der Waals surface area (Å²) in [4.78, 5) is 4.14. The van der Waals surface area contributed by atoms with Gasteiger partial charge in [-0.1, -0.05) is 6.08 Å². The predicted molar refractivity (Wildman–Crippen MR) is 66.5 cm³/mol. The van der Waals surface area contributed by atoms with Gasteiger partial charge in [-0.05, 0) is 38.3 Å². The molecule has 1 aromatic heterocycles. The van der Waals surface area contributed by atoms with Crippen LogP contribution in [0.15, 0.2) is 31.1 Å². The lowest BCUT2D eigenvalue weighted by Gasteiger charge is -2.12. The van der Waals surface area contributed by atoms with E-state index in [0.717, 1.165) is 24.2 Å². The molecule has 0 aliphatic carbocycles. The van der Waals surface area contributed by atoms with Crippen molar-refractivity contribution in [2.45, 2.75) is 38.8 Å². The van der Waals surface area contributed by atoms with Gasteiger partial charge in [0.25, 0.3) is 0 Å². The van der Waals surface area contributed by atoms with Gasteiger partial charge in [0.2, 0.25) is 0 Å². The van der Waals surface area contributed by atoms with Gasteiger partial charge in [0.1, 0.15) is 5.75 Å².